The first-order chi connectivity index (χ1) is 37.8. The van der Waals surface area contributed by atoms with Crippen LogP contribution in [0, 0.1) is 39.0 Å². The molecule has 412 valence electrons. The van der Waals surface area contributed by atoms with E-state index in [1.54, 1.807) is 46.9 Å². The number of fused-ring (bicyclic) bond motifs is 4. The van der Waals surface area contributed by atoms with Gasteiger partial charge in [0.05, 0.1) is 59.9 Å². The van der Waals surface area contributed by atoms with Gasteiger partial charge in [-0.05, 0) is 93.1 Å². The lowest BCUT2D eigenvalue weighted by atomic mass is 9.85. The quantitative estimate of drug-likeness (QED) is 0.0543. The number of aryl methyl sites for hydroxylation is 3. The predicted molar refractivity (Wildman–Crippen MR) is 301 cm³/mol. The molecule has 4 N–H and O–H groups in total. The zero-order valence-corrected chi connectivity index (χ0v) is 47.2. The number of rotatable bonds is 16. The van der Waals surface area contributed by atoms with E-state index in [2.05, 4.69) is 49.9 Å². The molecule has 0 radical (unpaired) electrons. The number of benzene rings is 3. The van der Waals surface area contributed by atoms with Crippen LogP contribution < -0.4 is 25.6 Å². The number of hydrogen-bond acceptors (Lipinski definition) is 16. The number of anilines is 1. The Morgan fingerprint density at radius 2 is 1.63 bits per heavy atom. The van der Waals surface area contributed by atoms with Crippen LogP contribution in [0.2, 0.25) is 0 Å². The van der Waals surface area contributed by atoms with Gasteiger partial charge >= 0.3 is 5.97 Å². The topological polar surface area (TPSA) is 236 Å². The third-order valence-corrected chi connectivity index (χ3v) is 17.2. The van der Waals surface area contributed by atoms with Crippen LogP contribution >= 0.6 is 22.7 Å². The smallest absolute Gasteiger partial charge is 0.308 e. The van der Waals surface area contributed by atoms with Crippen molar-refractivity contribution in [3.05, 3.63) is 129 Å². The molecule has 1 unspecified atom stereocenters. The van der Waals surface area contributed by atoms with Crippen LogP contribution in [-0.2, 0) is 23.9 Å². The van der Waals surface area contributed by atoms with Crippen LogP contribution in [0.4, 0.5) is 5.69 Å². The zero-order chi connectivity index (χ0) is 56.0. The maximum atomic E-state index is 14.4. The number of nitrogens with one attached hydrogen (secondary N) is 3. The van der Waals surface area contributed by atoms with Gasteiger partial charge in [-0.25, -0.2) is 4.98 Å². The molecule has 0 bridgehead atoms. The molecule has 0 aliphatic carbocycles. The molecule has 10 rings (SSSR count). The second-order valence-electron chi connectivity index (χ2n) is 21.6. The number of thiazole rings is 1. The number of furan rings is 1. The summed E-state index contributed by atoms with van der Waals surface area (Å²) >= 11 is 3.21. The highest BCUT2D eigenvalue weighted by Gasteiger charge is 2.45. The number of amides is 4. The molecule has 3 aliphatic heterocycles. The summed E-state index contributed by atoms with van der Waals surface area (Å²) < 4.78 is 19.0. The summed E-state index contributed by atoms with van der Waals surface area (Å²) in [7, 11) is 1.36. The van der Waals surface area contributed by atoms with Gasteiger partial charge in [-0.3, -0.25) is 33.5 Å². The number of carbonyl (C=O) groups excluding carboxylic acids is 5. The number of aliphatic hydroxyl groups excluding tert-OH is 1. The minimum atomic E-state index is -1.07. The van der Waals surface area contributed by atoms with Crippen LogP contribution in [-0.4, -0.2) is 123 Å². The summed E-state index contributed by atoms with van der Waals surface area (Å²) in [6.07, 6.45) is -0.840. The number of methoxy groups -OCH3 is 1. The minimum absolute atomic E-state index is 0.0169. The molecule has 5 atom stereocenters. The normalized spacial score (nSPS) is 17.9. The highest BCUT2D eigenvalue weighted by molar-refractivity contribution is 7.15. The molecule has 2 saturated heterocycles. The monoisotopic (exact) mass is 1110 g/mol. The Morgan fingerprint density at radius 3 is 2.33 bits per heavy atom. The number of aliphatic hydroxyl groups is 1. The maximum Gasteiger partial charge on any atom is 0.308 e. The summed E-state index contributed by atoms with van der Waals surface area (Å²) in [5.41, 5.74) is 9.06. The van der Waals surface area contributed by atoms with E-state index in [-0.39, 0.29) is 62.1 Å². The fourth-order valence-electron chi connectivity index (χ4n) is 10.4. The van der Waals surface area contributed by atoms with Gasteiger partial charge in [-0.15, -0.1) is 32.9 Å². The second-order valence-corrected chi connectivity index (χ2v) is 23.6. The Hall–Kier alpha value is -7.75. The summed E-state index contributed by atoms with van der Waals surface area (Å²) in [4.78, 5) is 83.0. The Labute approximate surface area is 465 Å². The number of likely N-dealkylation sites (tertiary alicyclic amines) is 1. The number of hydrogen-bond donors (Lipinski definition) is 4. The number of carbonyl (C=O) groups is 5. The maximum absolute atomic E-state index is 14.4. The summed E-state index contributed by atoms with van der Waals surface area (Å²) in [6.45, 7) is 16.9. The summed E-state index contributed by atoms with van der Waals surface area (Å²) in [5, 5.41) is 30.0. The van der Waals surface area contributed by atoms with E-state index in [4.69, 9.17) is 18.9 Å². The molecular formula is C58H64N10O9S2. The lowest BCUT2D eigenvalue weighted by Crippen LogP contribution is -2.57. The molecule has 7 aromatic rings. The van der Waals surface area contributed by atoms with Gasteiger partial charge in [0.25, 0.3) is 5.91 Å². The van der Waals surface area contributed by atoms with E-state index in [0.29, 0.717) is 41.5 Å². The molecule has 79 heavy (non-hydrogen) atoms. The Bertz CT molecular complexity index is 3490. The molecule has 0 saturated carbocycles. The molecule has 7 heterocycles. The highest BCUT2D eigenvalue weighted by Crippen LogP contribution is 2.40. The van der Waals surface area contributed by atoms with E-state index in [9.17, 15) is 29.1 Å². The van der Waals surface area contributed by atoms with Gasteiger partial charge < -0.3 is 44.7 Å². The van der Waals surface area contributed by atoms with Crippen molar-refractivity contribution in [3.63, 3.8) is 0 Å². The standard InChI is InChI=1S/C58H64N10O9S2/c1-30-33(4)79-57-48(30)49(62-43(25-47(70)75-9)52-65-64-34(5)68(52)57)36-14-16-40(17-15-36)66-26-39(27-66)53(71)59-20-21-76-42-18-19-45-38(22-42)23-46(77-45)55(73)63-51(58(6,7)8)56(74)67-28-41(69)24-44(67)54(72)61-31(2)35-10-12-37(13-11-35)50-32(3)60-29-78-50/h10-19,22-23,29,31,39,41,43-44,51,69H,20-21,24-28H2,1-9H3,(H,59,71)(H,61,72)(H,63,73)/t31-,41+,43-,44-,51?/m0/s1. The Balaban J connectivity index is 0.708. The van der Waals surface area contributed by atoms with E-state index in [1.165, 1.54) is 12.0 Å². The van der Waals surface area contributed by atoms with E-state index in [0.717, 1.165) is 59.7 Å². The van der Waals surface area contributed by atoms with Crippen LogP contribution in [0.25, 0.3) is 26.4 Å². The van der Waals surface area contributed by atoms with Gasteiger partial charge in [-0.1, -0.05) is 57.2 Å². The first kappa shape index (κ1) is 54.6. The van der Waals surface area contributed by atoms with Crippen LogP contribution in [0.5, 0.6) is 5.75 Å². The number of β-amino-alcohol motifs (C(OH)–C–C–N with tert-alkyl or cyclic N) is 1. The molecular weight excluding hydrogens is 1040 g/mol. The largest absolute Gasteiger partial charge is 0.492 e. The van der Waals surface area contributed by atoms with Crippen molar-refractivity contribution < 1.29 is 43.0 Å². The molecule has 3 aliphatic rings. The van der Waals surface area contributed by atoms with Gasteiger partial charge in [0.2, 0.25) is 17.7 Å². The molecule has 4 aromatic heterocycles. The average molecular weight is 1110 g/mol. The predicted octanol–water partition coefficient (Wildman–Crippen LogP) is 7.50. The molecule has 19 nitrogen and oxygen atoms in total. The zero-order valence-electron chi connectivity index (χ0n) is 45.6. The third kappa shape index (κ3) is 11.2. The number of thiophene rings is 1. The Morgan fingerprint density at radius 1 is 0.899 bits per heavy atom. The van der Waals surface area contributed by atoms with Crippen molar-refractivity contribution in [2.24, 2.45) is 16.3 Å². The number of aromatic nitrogens is 4. The van der Waals surface area contributed by atoms with E-state index in [1.807, 2.05) is 100 Å². The van der Waals surface area contributed by atoms with Crippen molar-refractivity contribution in [2.45, 2.75) is 98.5 Å². The highest BCUT2D eigenvalue weighted by atomic mass is 32.1. The molecule has 21 heteroatoms. The molecule has 4 amide bonds. The fourth-order valence-corrected chi connectivity index (χ4v) is 12.4. The average Bonchev–Trinajstić information content (AvgIpc) is 4.35. The molecule has 0 spiro atoms. The van der Waals surface area contributed by atoms with Crippen molar-refractivity contribution in [2.75, 3.05) is 44.8 Å². The lowest BCUT2D eigenvalue weighted by molar-refractivity contribution is -0.142. The first-order valence-corrected chi connectivity index (χ1v) is 28.0. The summed E-state index contributed by atoms with van der Waals surface area (Å²) in [5.74, 6) is -0.356. The molecule has 3 aromatic carbocycles. The fraction of sp³-hybridized carbons (Fsp3) is 0.397. The van der Waals surface area contributed by atoms with Crippen molar-refractivity contribution in [3.8, 4) is 21.2 Å². The summed E-state index contributed by atoms with van der Waals surface area (Å²) in [6, 6.07) is 19.8. The van der Waals surface area contributed by atoms with Crippen molar-refractivity contribution in [1.82, 2.24) is 40.6 Å². The van der Waals surface area contributed by atoms with E-state index < -0.39 is 47.4 Å². The van der Waals surface area contributed by atoms with Gasteiger partial charge in [0.1, 0.15) is 46.9 Å². The first-order valence-electron chi connectivity index (χ1n) is 26.3. The van der Waals surface area contributed by atoms with Crippen LogP contribution in [0.15, 0.2) is 87.7 Å². The lowest BCUT2D eigenvalue weighted by Gasteiger charge is -2.40. The Kier molecular flexibility index (Phi) is 15.3. The SMILES string of the molecule is COC(=O)C[C@@H]1N=C(c2ccc(N3CC(C(=O)NCCOc4ccc5oc(C(=O)NC(C(=O)N6C[C@H](O)C[C@H]6C(=O)N[C@@H](C)c6ccc(-c7scnc7C)cc6)C(C)(C)C)cc5c4)C3)cc2)c2c(sc(C)c2C)-n2c(C)nnc21. The van der Waals surface area contributed by atoms with Gasteiger partial charge in [0.15, 0.2) is 11.6 Å². The van der Waals surface area contributed by atoms with Crippen molar-refractivity contribution >= 4 is 74.6 Å². The number of aliphatic imine (C=N–C) groups is 1. The van der Waals surface area contributed by atoms with E-state index >= 15 is 0 Å². The molecule has 2 fully saturated rings. The van der Waals surface area contributed by atoms with Crippen LogP contribution in [0.1, 0.15) is 108 Å². The van der Waals surface area contributed by atoms with Crippen molar-refractivity contribution in [1.29, 1.82) is 0 Å². The minimum Gasteiger partial charge on any atom is -0.492 e. The third-order valence-electron chi connectivity index (χ3n) is 15.0. The number of nitrogens with zero attached hydrogens (tertiary/aromatic N) is 7. The van der Waals surface area contributed by atoms with Crippen LogP contribution in [0.3, 0.4) is 0 Å². The number of esters is 1. The second kappa shape index (κ2) is 22.2. The van der Waals surface area contributed by atoms with Gasteiger partial charge in [-0.2, -0.15) is 0 Å². The van der Waals surface area contributed by atoms with Gasteiger partial charge in [0, 0.05) is 53.1 Å². The number of ether oxygens (including phenoxy) is 2.